The van der Waals surface area contributed by atoms with E-state index in [1.807, 2.05) is 0 Å². The van der Waals surface area contributed by atoms with Crippen molar-refractivity contribution in [3.8, 4) is 0 Å². The molecule has 0 saturated carbocycles. The van der Waals surface area contributed by atoms with Crippen molar-refractivity contribution >= 4 is 29.6 Å². The molecule has 0 bridgehead atoms. The third kappa shape index (κ3) is 22.8. The third-order valence-electron chi connectivity index (χ3n) is 0.893. The second-order valence-corrected chi connectivity index (χ2v) is 2.13. The molecular formula is C9H19NaO4. The SMILES string of the molecule is C=CCOCC=C.OCC(O)CO.[NaH]. The molecule has 0 unspecified atom stereocenters. The van der Waals surface area contributed by atoms with Crippen LogP contribution in [0.1, 0.15) is 0 Å². The molecule has 0 amide bonds. The molecule has 0 spiro atoms. The van der Waals surface area contributed by atoms with Crippen molar-refractivity contribution in [1.29, 1.82) is 0 Å². The van der Waals surface area contributed by atoms with Gasteiger partial charge in [0.1, 0.15) is 6.10 Å². The molecule has 0 aliphatic carbocycles. The molecule has 0 aliphatic rings. The molecule has 0 radical (unpaired) electrons. The third-order valence-corrected chi connectivity index (χ3v) is 0.893. The predicted molar refractivity (Wildman–Crippen MR) is 58.5 cm³/mol. The van der Waals surface area contributed by atoms with Gasteiger partial charge in [-0.05, 0) is 0 Å². The molecule has 0 rings (SSSR count). The van der Waals surface area contributed by atoms with Crippen molar-refractivity contribution < 1.29 is 20.1 Å². The summed E-state index contributed by atoms with van der Waals surface area (Å²) < 4.78 is 4.90. The molecule has 0 aliphatic heterocycles. The van der Waals surface area contributed by atoms with Gasteiger partial charge in [-0.15, -0.1) is 13.2 Å². The average Bonchev–Trinajstić information content (AvgIpc) is 2.18. The van der Waals surface area contributed by atoms with Gasteiger partial charge in [0.05, 0.1) is 26.4 Å². The molecule has 80 valence electrons. The Labute approximate surface area is 107 Å². The van der Waals surface area contributed by atoms with Gasteiger partial charge >= 0.3 is 29.6 Å². The molecule has 0 heterocycles. The van der Waals surface area contributed by atoms with Crippen LogP contribution in [0, 0.1) is 0 Å². The predicted octanol–water partition coefficient (Wildman–Crippen LogP) is -0.942. The van der Waals surface area contributed by atoms with Crippen molar-refractivity contribution in [3.05, 3.63) is 25.3 Å². The van der Waals surface area contributed by atoms with Gasteiger partial charge in [0.2, 0.25) is 0 Å². The summed E-state index contributed by atoms with van der Waals surface area (Å²) in [4.78, 5) is 0. The van der Waals surface area contributed by atoms with Gasteiger partial charge in [0, 0.05) is 0 Å². The summed E-state index contributed by atoms with van der Waals surface area (Å²) in [5, 5.41) is 24.0. The van der Waals surface area contributed by atoms with Crippen molar-refractivity contribution in [3.63, 3.8) is 0 Å². The number of hydrogen-bond donors (Lipinski definition) is 3. The van der Waals surface area contributed by atoms with Crippen LogP contribution in [-0.4, -0.2) is 77.4 Å². The normalized spacial score (nSPS) is 8.29. The van der Waals surface area contributed by atoms with Crippen LogP contribution in [-0.2, 0) is 4.74 Å². The first-order chi connectivity index (χ1) is 6.22. The fourth-order valence-electron chi connectivity index (χ4n) is 0.292. The molecule has 0 aromatic carbocycles. The van der Waals surface area contributed by atoms with E-state index in [2.05, 4.69) is 13.2 Å². The van der Waals surface area contributed by atoms with E-state index >= 15 is 0 Å². The fourth-order valence-corrected chi connectivity index (χ4v) is 0.292. The van der Waals surface area contributed by atoms with Crippen LogP contribution in [0.15, 0.2) is 25.3 Å². The first kappa shape index (κ1) is 19.8. The summed E-state index contributed by atoms with van der Waals surface area (Å²) in [7, 11) is 0. The summed E-state index contributed by atoms with van der Waals surface area (Å²) in [5.41, 5.74) is 0. The van der Waals surface area contributed by atoms with Gasteiger partial charge < -0.3 is 20.1 Å². The van der Waals surface area contributed by atoms with Crippen LogP contribution in [0.4, 0.5) is 0 Å². The molecule has 4 nitrogen and oxygen atoms in total. The Morgan fingerprint density at radius 3 is 1.57 bits per heavy atom. The maximum absolute atomic E-state index is 8.17. The van der Waals surface area contributed by atoms with Gasteiger partial charge in [0.15, 0.2) is 0 Å². The Balaban J connectivity index is -0.000000163. The van der Waals surface area contributed by atoms with Crippen molar-refractivity contribution in [1.82, 2.24) is 0 Å². The van der Waals surface area contributed by atoms with Gasteiger partial charge in [-0.2, -0.15) is 0 Å². The summed E-state index contributed by atoms with van der Waals surface area (Å²) in [6.07, 6.45) is 2.47. The zero-order chi connectivity index (χ0) is 10.5. The van der Waals surface area contributed by atoms with E-state index < -0.39 is 6.10 Å². The molecular weight excluding hydrogens is 195 g/mol. The van der Waals surface area contributed by atoms with E-state index in [-0.39, 0.29) is 42.8 Å². The zero-order valence-electron chi connectivity index (χ0n) is 7.72. The number of ether oxygens (including phenoxy) is 1. The van der Waals surface area contributed by atoms with Crippen LogP contribution in [0.2, 0.25) is 0 Å². The second-order valence-electron chi connectivity index (χ2n) is 2.13. The Morgan fingerprint density at radius 2 is 1.43 bits per heavy atom. The Hall–Kier alpha value is 0.320. The average molecular weight is 214 g/mol. The molecule has 14 heavy (non-hydrogen) atoms. The molecule has 0 aromatic rings. The second kappa shape index (κ2) is 19.0. The van der Waals surface area contributed by atoms with Crippen LogP contribution < -0.4 is 0 Å². The fraction of sp³-hybridized carbons (Fsp3) is 0.556. The van der Waals surface area contributed by atoms with E-state index in [0.717, 1.165) is 0 Å². The molecule has 0 fully saturated rings. The van der Waals surface area contributed by atoms with E-state index in [1.165, 1.54) is 0 Å². The van der Waals surface area contributed by atoms with Crippen molar-refractivity contribution in [2.45, 2.75) is 6.10 Å². The molecule has 3 N–H and O–H groups in total. The number of rotatable bonds is 6. The van der Waals surface area contributed by atoms with Crippen molar-refractivity contribution in [2.24, 2.45) is 0 Å². The van der Waals surface area contributed by atoms with Crippen LogP contribution in [0.5, 0.6) is 0 Å². The van der Waals surface area contributed by atoms with Crippen LogP contribution in [0.3, 0.4) is 0 Å². The summed E-state index contributed by atoms with van der Waals surface area (Å²) in [6, 6.07) is 0. The van der Waals surface area contributed by atoms with Gasteiger partial charge in [-0.3, -0.25) is 0 Å². The topological polar surface area (TPSA) is 69.9 Å². The Morgan fingerprint density at radius 1 is 1.07 bits per heavy atom. The van der Waals surface area contributed by atoms with Crippen molar-refractivity contribution in [2.75, 3.05) is 26.4 Å². The van der Waals surface area contributed by atoms with E-state index in [4.69, 9.17) is 20.1 Å². The van der Waals surface area contributed by atoms with E-state index in [1.54, 1.807) is 12.2 Å². The summed E-state index contributed by atoms with van der Waals surface area (Å²) in [5.74, 6) is 0. The van der Waals surface area contributed by atoms with Gasteiger partial charge in [-0.1, -0.05) is 12.2 Å². The first-order valence-corrected chi connectivity index (χ1v) is 3.92. The standard InChI is InChI=1S/C6H10O.C3H8O3.Na.H/c1-3-5-7-6-4-2;4-1-3(6)2-5;;/h3-4H,1-2,5-6H2;3-6H,1-2H2;;. The first-order valence-electron chi connectivity index (χ1n) is 3.92. The summed E-state index contributed by atoms with van der Waals surface area (Å²) in [6.45, 7) is 7.45. The van der Waals surface area contributed by atoms with Crippen LogP contribution in [0.25, 0.3) is 0 Å². The Bertz CT molecular complexity index is 107. The summed E-state index contributed by atoms with van der Waals surface area (Å²) >= 11 is 0. The maximum atomic E-state index is 8.17. The quantitative estimate of drug-likeness (QED) is 0.303. The minimum absolute atomic E-state index is 0. The van der Waals surface area contributed by atoms with E-state index in [0.29, 0.717) is 13.2 Å². The van der Waals surface area contributed by atoms with E-state index in [9.17, 15) is 0 Å². The van der Waals surface area contributed by atoms with Gasteiger partial charge in [-0.25, -0.2) is 0 Å². The molecule has 5 heteroatoms. The van der Waals surface area contributed by atoms with Gasteiger partial charge in [0.25, 0.3) is 0 Å². The number of aliphatic hydroxyl groups excluding tert-OH is 3. The zero-order valence-corrected chi connectivity index (χ0v) is 7.72. The Kier molecular flexibility index (Phi) is 26.9. The number of hydrogen-bond acceptors (Lipinski definition) is 4. The number of aliphatic hydroxyl groups is 3. The monoisotopic (exact) mass is 214 g/mol. The molecule has 0 aromatic heterocycles. The minimum atomic E-state index is -0.954. The molecule has 0 atom stereocenters. The van der Waals surface area contributed by atoms with Crippen LogP contribution >= 0.6 is 0 Å². The molecule has 0 saturated heterocycles.